The van der Waals surface area contributed by atoms with E-state index in [1.165, 1.54) is 32.1 Å². The second kappa shape index (κ2) is 5.85. The van der Waals surface area contributed by atoms with Gasteiger partial charge in [-0.25, -0.2) is 0 Å². The molecule has 3 heteroatoms. The van der Waals surface area contributed by atoms with E-state index in [2.05, 4.69) is 0 Å². The molecule has 2 fully saturated rings. The van der Waals surface area contributed by atoms with Crippen LogP contribution in [-0.2, 0) is 4.79 Å². The topological polar surface area (TPSA) is 46.3 Å². The molecule has 0 aliphatic heterocycles. The van der Waals surface area contributed by atoms with Crippen LogP contribution in [0.1, 0.15) is 57.8 Å². The zero-order valence-corrected chi connectivity index (χ0v) is 11.0. The minimum Gasteiger partial charge on any atom is -0.343 e. The number of carbonyl (C=O) groups is 1. The third-order valence-corrected chi connectivity index (χ3v) is 4.53. The Labute approximate surface area is 105 Å². The van der Waals surface area contributed by atoms with Crippen molar-refractivity contribution in [3.8, 4) is 0 Å². The van der Waals surface area contributed by atoms with Crippen molar-refractivity contribution < 1.29 is 4.79 Å². The minimum absolute atomic E-state index is 0.200. The Morgan fingerprint density at radius 1 is 1.06 bits per heavy atom. The van der Waals surface area contributed by atoms with Gasteiger partial charge in [0.15, 0.2) is 0 Å². The van der Waals surface area contributed by atoms with Crippen molar-refractivity contribution in [3.63, 3.8) is 0 Å². The number of rotatable bonds is 2. The lowest BCUT2D eigenvalue weighted by molar-refractivity contribution is -0.138. The van der Waals surface area contributed by atoms with Gasteiger partial charge in [0, 0.05) is 25.0 Å². The molecule has 0 aromatic heterocycles. The molecule has 0 saturated heterocycles. The second-order valence-electron chi connectivity index (χ2n) is 5.86. The van der Waals surface area contributed by atoms with E-state index in [4.69, 9.17) is 5.73 Å². The summed E-state index contributed by atoms with van der Waals surface area (Å²) in [5.41, 5.74) is 5.97. The fraction of sp³-hybridized carbons (Fsp3) is 0.929. The zero-order chi connectivity index (χ0) is 12.3. The standard InChI is InChI=1S/C14H26N2O/c1-16(13-8-3-2-4-9-13)14(17)11-6-5-7-12(15)10-11/h11-13H,2-10,15H2,1H3. The Hall–Kier alpha value is -0.570. The molecule has 0 radical (unpaired) electrons. The number of hydrogen-bond donors (Lipinski definition) is 1. The van der Waals surface area contributed by atoms with E-state index in [0.29, 0.717) is 11.9 Å². The third kappa shape index (κ3) is 3.21. The molecule has 17 heavy (non-hydrogen) atoms. The van der Waals surface area contributed by atoms with Gasteiger partial charge in [-0.3, -0.25) is 4.79 Å². The van der Waals surface area contributed by atoms with Gasteiger partial charge in [0.1, 0.15) is 0 Å². The highest BCUT2D eigenvalue weighted by Gasteiger charge is 2.30. The maximum atomic E-state index is 12.4. The predicted octanol–water partition coefficient (Wildman–Crippen LogP) is 2.29. The van der Waals surface area contributed by atoms with Crippen LogP contribution in [0.5, 0.6) is 0 Å². The van der Waals surface area contributed by atoms with E-state index < -0.39 is 0 Å². The van der Waals surface area contributed by atoms with Crippen LogP contribution < -0.4 is 5.73 Å². The molecule has 2 atom stereocenters. The summed E-state index contributed by atoms with van der Waals surface area (Å²) in [5, 5.41) is 0. The molecule has 0 aromatic rings. The lowest BCUT2D eigenvalue weighted by atomic mass is 9.84. The van der Waals surface area contributed by atoms with E-state index in [0.717, 1.165) is 25.7 Å². The van der Waals surface area contributed by atoms with E-state index in [9.17, 15) is 4.79 Å². The molecular formula is C14H26N2O. The molecule has 2 saturated carbocycles. The first kappa shape index (κ1) is 12.9. The number of hydrogen-bond acceptors (Lipinski definition) is 2. The molecule has 0 bridgehead atoms. The van der Waals surface area contributed by atoms with E-state index in [1.54, 1.807) is 0 Å². The average Bonchev–Trinajstić information content (AvgIpc) is 2.38. The van der Waals surface area contributed by atoms with Gasteiger partial charge in [0.05, 0.1) is 0 Å². The Morgan fingerprint density at radius 3 is 2.41 bits per heavy atom. The summed E-state index contributed by atoms with van der Waals surface area (Å²) >= 11 is 0. The summed E-state index contributed by atoms with van der Waals surface area (Å²) in [6.45, 7) is 0. The van der Waals surface area contributed by atoms with Gasteiger partial charge in [-0.05, 0) is 32.1 Å². The van der Waals surface area contributed by atoms with Crippen molar-refractivity contribution in [1.29, 1.82) is 0 Å². The second-order valence-corrected chi connectivity index (χ2v) is 5.86. The van der Waals surface area contributed by atoms with Crippen molar-refractivity contribution in [1.82, 2.24) is 4.90 Å². The first-order valence-electron chi connectivity index (χ1n) is 7.20. The Balaban J connectivity index is 1.89. The van der Waals surface area contributed by atoms with Gasteiger partial charge < -0.3 is 10.6 Å². The maximum absolute atomic E-state index is 12.4. The minimum atomic E-state index is 0.200. The lowest BCUT2D eigenvalue weighted by Gasteiger charge is -2.35. The van der Waals surface area contributed by atoms with Gasteiger partial charge in [-0.2, -0.15) is 0 Å². The summed E-state index contributed by atoms with van der Waals surface area (Å²) < 4.78 is 0. The lowest BCUT2D eigenvalue weighted by Crippen LogP contribution is -2.44. The van der Waals surface area contributed by atoms with Crippen LogP contribution in [0.2, 0.25) is 0 Å². The van der Waals surface area contributed by atoms with Crippen LogP contribution in [0.3, 0.4) is 0 Å². The van der Waals surface area contributed by atoms with Gasteiger partial charge in [-0.1, -0.05) is 25.7 Å². The fourth-order valence-electron chi connectivity index (χ4n) is 3.39. The molecule has 2 rings (SSSR count). The van der Waals surface area contributed by atoms with Gasteiger partial charge in [0.25, 0.3) is 0 Å². The van der Waals surface area contributed by atoms with Crippen molar-refractivity contribution in [2.45, 2.75) is 69.9 Å². The number of carbonyl (C=O) groups excluding carboxylic acids is 1. The average molecular weight is 238 g/mol. The molecular weight excluding hydrogens is 212 g/mol. The molecule has 3 nitrogen and oxygen atoms in total. The molecule has 2 aliphatic rings. The van der Waals surface area contributed by atoms with E-state index in [-0.39, 0.29) is 12.0 Å². The number of nitrogens with two attached hydrogens (primary N) is 1. The highest BCUT2D eigenvalue weighted by Crippen LogP contribution is 2.28. The van der Waals surface area contributed by atoms with Crippen molar-refractivity contribution >= 4 is 5.91 Å². The fourth-order valence-corrected chi connectivity index (χ4v) is 3.39. The van der Waals surface area contributed by atoms with Crippen LogP contribution in [-0.4, -0.2) is 29.9 Å². The SMILES string of the molecule is CN(C(=O)C1CCCC(N)C1)C1CCCCC1. The molecule has 2 unspecified atom stereocenters. The first-order chi connectivity index (χ1) is 8.18. The summed E-state index contributed by atoms with van der Waals surface area (Å²) in [7, 11) is 2.00. The van der Waals surface area contributed by atoms with Crippen LogP contribution in [0.4, 0.5) is 0 Å². The molecule has 0 heterocycles. The molecule has 2 aliphatic carbocycles. The molecule has 0 spiro atoms. The van der Waals surface area contributed by atoms with E-state index in [1.807, 2.05) is 11.9 Å². The van der Waals surface area contributed by atoms with Gasteiger partial charge >= 0.3 is 0 Å². The molecule has 98 valence electrons. The van der Waals surface area contributed by atoms with Crippen LogP contribution >= 0.6 is 0 Å². The summed E-state index contributed by atoms with van der Waals surface area (Å²) in [4.78, 5) is 14.4. The number of amides is 1. The van der Waals surface area contributed by atoms with Crippen molar-refractivity contribution in [2.75, 3.05) is 7.05 Å². The maximum Gasteiger partial charge on any atom is 0.225 e. The summed E-state index contributed by atoms with van der Waals surface area (Å²) in [6, 6.07) is 0.742. The highest BCUT2D eigenvalue weighted by atomic mass is 16.2. The van der Waals surface area contributed by atoms with E-state index >= 15 is 0 Å². The molecule has 2 N–H and O–H groups in total. The van der Waals surface area contributed by atoms with Crippen molar-refractivity contribution in [2.24, 2.45) is 11.7 Å². The predicted molar refractivity (Wildman–Crippen MR) is 69.6 cm³/mol. The Kier molecular flexibility index (Phi) is 4.43. The third-order valence-electron chi connectivity index (χ3n) is 4.53. The van der Waals surface area contributed by atoms with Crippen LogP contribution in [0, 0.1) is 5.92 Å². The number of nitrogens with zero attached hydrogens (tertiary/aromatic N) is 1. The van der Waals surface area contributed by atoms with Crippen molar-refractivity contribution in [3.05, 3.63) is 0 Å². The molecule has 0 aromatic carbocycles. The zero-order valence-electron chi connectivity index (χ0n) is 11.0. The monoisotopic (exact) mass is 238 g/mol. The Morgan fingerprint density at radius 2 is 1.76 bits per heavy atom. The van der Waals surface area contributed by atoms with Gasteiger partial charge in [-0.15, -0.1) is 0 Å². The summed E-state index contributed by atoms with van der Waals surface area (Å²) in [6.07, 6.45) is 10.5. The van der Waals surface area contributed by atoms with Gasteiger partial charge in [0.2, 0.25) is 5.91 Å². The first-order valence-corrected chi connectivity index (χ1v) is 7.20. The largest absolute Gasteiger partial charge is 0.343 e. The highest BCUT2D eigenvalue weighted by molar-refractivity contribution is 5.79. The quantitative estimate of drug-likeness (QED) is 0.802. The molecule has 1 amide bonds. The van der Waals surface area contributed by atoms with Crippen LogP contribution in [0.25, 0.3) is 0 Å². The summed E-state index contributed by atoms with van der Waals surface area (Å²) in [5.74, 6) is 0.553. The smallest absolute Gasteiger partial charge is 0.225 e. The normalized spacial score (nSPS) is 31.2. The Bertz CT molecular complexity index is 261. The van der Waals surface area contributed by atoms with Crippen LogP contribution in [0.15, 0.2) is 0 Å².